The number of nitrogens with one attached hydrogen (secondary N) is 2. The van der Waals surface area contributed by atoms with Gasteiger partial charge in [0.15, 0.2) is 5.96 Å². The van der Waals surface area contributed by atoms with Crippen molar-refractivity contribution in [1.82, 2.24) is 14.9 Å². The Morgan fingerprint density at radius 3 is 2.40 bits per heavy atom. The summed E-state index contributed by atoms with van der Waals surface area (Å²) in [5.41, 5.74) is 0. The summed E-state index contributed by atoms with van der Waals surface area (Å²) in [6.07, 6.45) is 1.55. The van der Waals surface area contributed by atoms with Gasteiger partial charge in [0.2, 0.25) is 10.0 Å². The number of rotatable bonds is 11. The molecule has 0 spiro atoms. The van der Waals surface area contributed by atoms with E-state index in [2.05, 4.69) is 39.9 Å². The summed E-state index contributed by atoms with van der Waals surface area (Å²) in [5, 5.41) is 8.82. The van der Waals surface area contributed by atoms with Gasteiger partial charge in [-0.3, -0.25) is 4.99 Å². The lowest BCUT2D eigenvalue weighted by Crippen LogP contribution is -2.39. The van der Waals surface area contributed by atoms with Gasteiger partial charge in [-0.15, -0.1) is 24.0 Å². The third-order valence-corrected chi connectivity index (χ3v) is 6.47. The number of hydrogen-bond acceptors (Lipinski definition) is 4. The zero-order valence-corrected chi connectivity index (χ0v) is 21.1. The Balaban J connectivity index is 0.00000450. The molecule has 7 nitrogen and oxygen atoms in total. The maximum Gasteiger partial charge on any atom is 0.213 e. The minimum Gasteiger partial charge on any atom is -0.494 e. The van der Waals surface area contributed by atoms with Gasteiger partial charge in [-0.1, -0.05) is 30.3 Å². The Bertz CT molecular complexity index is 906. The third kappa shape index (κ3) is 8.65. The average molecular weight is 548 g/mol. The molecular weight excluding hydrogens is 515 g/mol. The average Bonchev–Trinajstić information content (AvgIpc) is 2.74. The number of fused-ring (bicyclic) bond motifs is 1. The number of nitrogens with zero attached hydrogens (tertiary/aromatic N) is 2. The molecule has 0 atom stereocenters. The second-order valence-electron chi connectivity index (χ2n) is 6.71. The molecule has 9 heteroatoms. The Morgan fingerprint density at radius 1 is 1.07 bits per heavy atom. The van der Waals surface area contributed by atoms with Crippen molar-refractivity contribution < 1.29 is 13.2 Å². The van der Waals surface area contributed by atoms with Crippen LogP contribution in [0.15, 0.2) is 47.5 Å². The van der Waals surface area contributed by atoms with Gasteiger partial charge in [0, 0.05) is 33.7 Å². The number of sulfonamides is 1. The van der Waals surface area contributed by atoms with E-state index in [-0.39, 0.29) is 29.7 Å². The van der Waals surface area contributed by atoms with Crippen LogP contribution in [0.5, 0.6) is 5.75 Å². The smallest absolute Gasteiger partial charge is 0.213 e. The van der Waals surface area contributed by atoms with Crippen LogP contribution in [0.25, 0.3) is 10.8 Å². The molecule has 0 saturated heterocycles. The Labute approximate surface area is 197 Å². The molecule has 0 heterocycles. The topological polar surface area (TPSA) is 83.0 Å². The van der Waals surface area contributed by atoms with Crippen LogP contribution in [0.2, 0.25) is 0 Å². The monoisotopic (exact) mass is 548 g/mol. The van der Waals surface area contributed by atoms with Crippen molar-refractivity contribution in [3.63, 3.8) is 0 Å². The van der Waals surface area contributed by atoms with E-state index in [1.807, 2.05) is 18.2 Å². The van der Waals surface area contributed by atoms with E-state index < -0.39 is 10.0 Å². The van der Waals surface area contributed by atoms with Crippen molar-refractivity contribution in [2.45, 2.75) is 19.8 Å². The molecule has 0 aliphatic rings. The highest BCUT2D eigenvalue weighted by Gasteiger charge is 2.13. The zero-order valence-electron chi connectivity index (χ0n) is 17.9. The van der Waals surface area contributed by atoms with E-state index in [1.165, 1.54) is 15.1 Å². The summed E-state index contributed by atoms with van der Waals surface area (Å²) in [6.45, 7) is 4.13. The minimum absolute atomic E-state index is 0. The van der Waals surface area contributed by atoms with E-state index in [1.54, 1.807) is 21.0 Å². The van der Waals surface area contributed by atoms with Gasteiger partial charge in [0.1, 0.15) is 5.75 Å². The summed E-state index contributed by atoms with van der Waals surface area (Å²) in [5.74, 6) is 1.70. The maximum absolute atomic E-state index is 11.7. The fourth-order valence-electron chi connectivity index (χ4n) is 2.81. The van der Waals surface area contributed by atoms with Gasteiger partial charge in [-0.2, -0.15) is 0 Å². The van der Waals surface area contributed by atoms with Crippen LogP contribution in [0.3, 0.4) is 0 Å². The molecule has 0 aromatic heterocycles. The van der Waals surface area contributed by atoms with E-state index >= 15 is 0 Å². The molecule has 2 rings (SSSR count). The number of guanidine groups is 1. The molecule has 30 heavy (non-hydrogen) atoms. The summed E-state index contributed by atoms with van der Waals surface area (Å²) in [6, 6.07) is 14.3. The first kappa shape index (κ1) is 26.4. The third-order valence-electron chi connectivity index (χ3n) is 4.61. The van der Waals surface area contributed by atoms with Crippen molar-refractivity contribution >= 4 is 50.7 Å². The first-order valence-electron chi connectivity index (χ1n) is 9.96. The summed E-state index contributed by atoms with van der Waals surface area (Å²) in [7, 11) is 0.215. The van der Waals surface area contributed by atoms with Gasteiger partial charge in [0.05, 0.1) is 12.4 Å². The van der Waals surface area contributed by atoms with E-state index in [9.17, 15) is 8.42 Å². The van der Waals surface area contributed by atoms with Crippen molar-refractivity contribution in [3.8, 4) is 5.75 Å². The Morgan fingerprint density at radius 2 is 1.73 bits per heavy atom. The molecule has 0 aliphatic heterocycles. The standard InChI is InChI=1S/C21H32N4O3S.HI/c1-4-29(26,27)25(3)15-7-13-23-21(22-2)24-14-8-16-28-20-12-11-18-9-5-6-10-19(18)17-20;/h5-6,9-12,17H,4,7-8,13-16H2,1-3H3,(H2,22,23,24);1H. The lowest BCUT2D eigenvalue weighted by atomic mass is 10.1. The number of ether oxygens (including phenoxy) is 1. The first-order chi connectivity index (χ1) is 14.0. The van der Waals surface area contributed by atoms with Crippen LogP contribution in [0, 0.1) is 0 Å². The van der Waals surface area contributed by atoms with Crippen LogP contribution in [0.1, 0.15) is 19.8 Å². The number of benzene rings is 2. The summed E-state index contributed by atoms with van der Waals surface area (Å²) in [4.78, 5) is 4.18. The van der Waals surface area contributed by atoms with Gasteiger partial charge < -0.3 is 15.4 Å². The number of halogens is 1. The van der Waals surface area contributed by atoms with Crippen molar-refractivity contribution in [2.24, 2.45) is 4.99 Å². The van der Waals surface area contributed by atoms with Crippen molar-refractivity contribution in [2.75, 3.05) is 46.1 Å². The SMILES string of the molecule is CCS(=O)(=O)N(C)CCCNC(=NC)NCCCOc1ccc2ccccc2c1.I. The molecule has 0 fully saturated rings. The van der Waals surface area contributed by atoms with Gasteiger partial charge >= 0.3 is 0 Å². The molecule has 0 saturated carbocycles. The molecule has 0 aliphatic carbocycles. The lowest BCUT2D eigenvalue weighted by molar-refractivity contribution is 0.311. The minimum atomic E-state index is -3.11. The van der Waals surface area contributed by atoms with Crippen molar-refractivity contribution in [1.29, 1.82) is 0 Å². The molecule has 2 aromatic carbocycles. The van der Waals surface area contributed by atoms with Crippen LogP contribution in [0.4, 0.5) is 0 Å². The summed E-state index contributed by atoms with van der Waals surface area (Å²) >= 11 is 0. The largest absolute Gasteiger partial charge is 0.494 e. The number of aliphatic imine (C=N–C) groups is 1. The number of hydrogen-bond donors (Lipinski definition) is 2. The predicted molar refractivity (Wildman–Crippen MR) is 136 cm³/mol. The maximum atomic E-state index is 11.7. The molecule has 2 N–H and O–H groups in total. The van der Waals surface area contributed by atoms with E-state index in [4.69, 9.17) is 4.74 Å². The highest BCUT2D eigenvalue weighted by atomic mass is 127. The highest BCUT2D eigenvalue weighted by Crippen LogP contribution is 2.20. The van der Waals surface area contributed by atoms with Crippen LogP contribution in [-0.4, -0.2) is 64.8 Å². The van der Waals surface area contributed by atoms with Gasteiger partial charge in [-0.25, -0.2) is 12.7 Å². The van der Waals surface area contributed by atoms with Gasteiger partial charge in [0.25, 0.3) is 0 Å². The molecule has 0 amide bonds. The molecule has 0 radical (unpaired) electrons. The Kier molecular flexibility index (Phi) is 12.0. The summed E-state index contributed by atoms with van der Waals surface area (Å²) < 4.78 is 30.7. The predicted octanol–water partition coefficient (Wildman–Crippen LogP) is 3.06. The molecule has 168 valence electrons. The second-order valence-corrected chi connectivity index (χ2v) is 9.08. The molecular formula is C21H33IN4O3S. The van der Waals surface area contributed by atoms with E-state index in [0.29, 0.717) is 32.1 Å². The zero-order chi connectivity index (χ0) is 21.1. The molecule has 0 bridgehead atoms. The molecule has 0 unspecified atom stereocenters. The van der Waals surface area contributed by atoms with E-state index in [0.717, 1.165) is 18.7 Å². The quantitative estimate of drug-likeness (QED) is 0.195. The second kappa shape index (κ2) is 13.7. The van der Waals surface area contributed by atoms with Crippen LogP contribution < -0.4 is 15.4 Å². The lowest BCUT2D eigenvalue weighted by Gasteiger charge is -2.17. The fourth-order valence-corrected chi connectivity index (χ4v) is 3.66. The normalized spacial score (nSPS) is 11.9. The molecule has 2 aromatic rings. The Hall–Kier alpha value is -1.59. The van der Waals surface area contributed by atoms with Crippen LogP contribution in [-0.2, 0) is 10.0 Å². The van der Waals surface area contributed by atoms with Crippen LogP contribution >= 0.6 is 24.0 Å². The van der Waals surface area contributed by atoms with Gasteiger partial charge in [-0.05, 0) is 42.7 Å². The van der Waals surface area contributed by atoms with Crippen molar-refractivity contribution in [3.05, 3.63) is 42.5 Å². The highest BCUT2D eigenvalue weighted by molar-refractivity contribution is 14.0. The fraction of sp³-hybridized carbons (Fsp3) is 0.476. The first-order valence-corrected chi connectivity index (χ1v) is 11.6.